The summed E-state index contributed by atoms with van der Waals surface area (Å²) in [4.78, 5) is 17.8. The Morgan fingerprint density at radius 3 is 2.66 bits per heavy atom. The quantitative estimate of drug-likeness (QED) is 0.352. The van der Waals surface area contributed by atoms with Gasteiger partial charge < -0.3 is 10.1 Å². The van der Waals surface area contributed by atoms with Gasteiger partial charge in [-0.25, -0.2) is 4.98 Å². The molecule has 0 aliphatic heterocycles. The number of alkyl halides is 3. The SMILES string of the molecule is CCOc1ccc(-c2cn3c(CC(=O)Nc4cc(C(F)(F)F)ccc4Cl)csc3n2)cc1. The zero-order valence-electron chi connectivity index (χ0n) is 16.7. The number of ether oxygens (including phenoxy) is 1. The Labute approximate surface area is 190 Å². The van der Waals surface area contributed by atoms with E-state index in [4.69, 9.17) is 16.3 Å². The molecule has 2 heterocycles. The smallest absolute Gasteiger partial charge is 0.416 e. The normalized spacial score (nSPS) is 11.7. The molecular weight excluding hydrogens is 463 g/mol. The summed E-state index contributed by atoms with van der Waals surface area (Å²) in [6.45, 7) is 2.49. The lowest BCUT2D eigenvalue weighted by molar-refractivity contribution is -0.137. The molecule has 32 heavy (non-hydrogen) atoms. The third-order valence-corrected chi connectivity index (χ3v) is 5.87. The minimum absolute atomic E-state index is 0.0298. The monoisotopic (exact) mass is 479 g/mol. The Balaban J connectivity index is 1.52. The molecule has 10 heteroatoms. The van der Waals surface area contributed by atoms with E-state index in [1.807, 2.05) is 37.4 Å². The number of nitrogens with one attached hydrogen (secondary N) is 1. The number of carbonyl (C=O) groups is 1. The van der Waals surface area contributed by atoms with Crippen molar-refractivity contribution >= 4 is 39.5 Å². The summed E-state index contributed by atoms with van der Waals surface area (Å²) >= 11 is 7.34. The van der Waals surface area contributed by atoms with E-state index < -0.39 is 17.6 Å². The van der Waals surface area contributed by atoms with E-state index in [1.54, 1.807) is 9.78 Å². The number of benzene rings is 2. The van der Waals surface area contributed by atoms with Gasteiger partial charge in [0.2, 0.25) is 5.91 Å². The van der Waals surface area contributed by atoms with Crippen molar-refractivity contribution in [1.29, 1.82) is 0 Å². The second kappa shape index (κ2) is 8.84. The van der Waals surface area contributed by atoms with Crippen LogP contribution in [0, 0.1) is 0 Å². The lowest BCUT2D eigenvalue weighted by atomic mass is 10.1. The molecule has 2 aromatic heterocycles. The highest BCUT2D eigenvalue weighted by atomic mass is 35.5. The molecule has 166 valence electrons. The number of fused-ring (bicyclic) bond motifs is 1. The number of nitrogens with zero attached hydrogens (tertiary/aromatic N) is 2. The average Bonchev–Trinajstić information content (AvgIpc) is 3.32. The maximum atomic E-state index is 12.9. The highest BCUT2D eigenvalue weighted by Crippen LogP contribution is 2.34. The average molecular weight is 480 g/mol. The Morgan fingerprint density at radius 2 is 1.97 bits per heavy atom. The molecule has 1 N–H and O–H groups in total. The van der Waals surface area contributed by atoms with Crippen molar-refractivity contribution in [1.82, 2.24) is 9.38 Å². The predicted octanol–water partition coefficient (Wildman–Crippen LogP) is 6.31. The molecule has 4 aromatic rings. The van der Waals surface area contributed by atoms with Gasteiger partial charge in [-0.2, -0.15) is 13.2 Å². The Hall–Kier alpha value is -3.04. The van der Waals surface area contributed by atoms with Gasteiger partial charge in [0, 0.05) is 22.8 Å². The van der Waals surface area contributed by atoms with Crippen LogP contribution >= 0.6 is 22.9 Å². The molecule has 5 nitrogen and oxygen atoms in total. The van der Waals surface area contributed by atoms with Crippen LogP contribution < -0.4 is 10.1 Å². The summed E-state index contributed by atoms with van der Waals surface area (Å²) in [6.07, 6.45) is -2.76. The number of amides is 1. The van der Waals surface area contributed by atoms with Gasteiger partial charge in [-0.05, 0) is 49.4 Å². The molecule has 1 amide bonds. The molecule has 0 aliphatic rings. The number of imidazole rings is 1. The number of hydrogen-bond donors (Lipinski definition) is 1. The lowest BCUT2D eigenvalue weighted by Crippen LogP contribution is -2.16. The number of aromatic nitrogens is 2. The molecule has 2 aromatic carbocycles. The lowest BCUT2D eigenvalue weighted by Gasteiger charge is -2.11. The standard InChI is InChI=1S/C22H17ClF3N3O2S/c1-2-31-16-6-3-13(4-7-16)19-11-29-15(12-32-21(29)28-19)10-20(30)27-18-9-14(22(24,25)26)5-8-17(18)23/h3-9,11-12H,2,10H2,1H3,(H,27,30). The van der Waals surface area contributed by atoms with Gasteiger partial charge >= 0.3 is 6.18 Å². The molecule has 0 atom stereocenters. The summed E-state index contributed by atoms with van der Waals surface area (Å²) in [5.41, 5.74) is 1.33. The van der Waals surface area contributed by atoms with Crippen molar-refractivity contribution in [2.24, 2.45) is 0 Å². The minimum atomic E-state index is -4.53. The highest BCUT2D eigenvalue weighted by Gasteiger charge is 2.31. The largest absolute Gasteiger partial charge is 0.494 e. The molecule has 0 bridgehead atoms. The first kappa shape index (κ1) is 22.2. The van der Waals surface area contributed by atoms with Gasteiger partial charge in [-0.3, -0.25) is 9.20 Å². The summed E-state index contributed by atoms with van der Waals surface area (Å²) < 4.78 is 46.1. The molecule has 4 rings (SSSR count). The number of hydrogen-bond acceptors (Lipinski definition) is 4. The summed E-state index contributed by atoms with van der Waals surface area (Å²) in [5, 5.41) is 4.29. The van der Waals surface area contributed by atoms with Crippen molar-refractivity contribution in [2.45, 2.75) is 19.5 Å². The molecule has 0 fully saturated rings. The molecule has 0 radical (unpaired) electrons. The molecule has 0 spiro atoms. The fourth-order valence-electron chi connectivity index (χ4n) is 3.14. The molecular formula is C22H17ClF3N3O2S. The van der Waals surface area contributed by atoms with E-state index in [-0.39, 0.29) is 17.1 Å². The first-order valence-corrected chi connectivity index (χ1v) is 10.9. The van der Waals surface area contributed by atoms with Crippen LogP contribution in [0.1, 0.15) is 18.2 Å². The van der Waals surface area contributed by atoms with Crippen molar-refractivity contribution in [3.05, 3.63) is 70.3 Å². The van der Waals surface area contributed by atoms with Gasteiger partial charge in [0.05, 0.1) is 35.0 Å². The third kappa shape index (κ3) is 4.73. The zero-order chi connectivity index (χ0) is 22.9. The number of anilines is 1. The molecule has 0 saturated carbocycles. The summed E-state index contributed by atoms with van der Waals surface area (Å²) in [5.74, 6) is 0.283. The Bertz CT molecular complexity index is 1270. The van der Waals surface area contributed by atoms with Crippen LogP contribution in [-0.2, 0) is 17.4 Å². The maximum absolute atomic E-state index is 12.9. The van der Waals surface area contributed by atoms with Crippen LogP contribution in [0.3, 0.4) is 0 Å². The van der Waals surface area contributed by atoms with Crippen molar-refractivity contribution in [2.75, 3.05) is 11.9 Å². The molecule has 0 aliphatic carbocycles. The van der Waals surface area contributed by atoms with Gasteiger partial charge in [-0.1, -0.05) is 11.6 Å². The number of thiazole rings is 1. The maximum Gasteiger partial charge on any atom is 0.416 e. The first-order chi connectivity index (χ1) is 15.2. The Morgan fingerprint density at radius 1 is 1.22 bits per heavy atom. The van der Waals surface area contributed by atoms with E-state index in [9.17, 15) is 18.0 Å². The molecule has 0 unspecified atom stereocenters. The second-order valence-electron chi connectivity index (χ2n) is 6.88. The van der Waals surface area contributed by atoms with Crippen LogP contribution in [-0.4, -0.2) is 21.9 Å². The van der Waals surface area contributed by atoms with Crippen LogP contribution in [0.15, 0.2) is 54.0 Å². The van der Waals surface area contributed by atoms with Crippen LogP contribution in [0.2, 0.25) is 5.02 Å². The van der Waals surface area contributed by atoms with Gasteiger partial charge in [-0.15, -0.1) is 11.3 Å². The second-order valence-corrected chi connectivity index (χ2v) is 8.12. The van der Waals surface area contributed by atoms with Gasteiger partial charge in [0.25, 0.3) is 0 Å². The highest BCUT2D eigenvalue weighted by molar-refractivity contribution is 7.15. The number of carbonyl (C=O) groups excluding carboxylic acids is 1. The van der Waals surface area contributed by atoms with E-state index in [0.29, 0.717) is 17.3 Å². The summed E-state index contributed by atoms with van der Waals surface area (Å²) in [6, 6.07) is 10.3. The van der Waals surface area contributed by atoms with Gasteiger partial charge in [0.15, 0.2) is 4.96 Å². The minimum Gasteiger partial charge on any atom is -0.494 e. The van der Waals surface area contributed by atoms with E-state index >= 15 is 0 Å². The summed E-state index contributed by atoms with van der Waals surface area (Å²) in [7, 11) is 0. The Kier molecular flexibility index (Phi) is 6.12. The number of rotatable bonds is 6. The van der Waals surface area contributed by atoms with Crippen molar-refractivity contribution < 1.29 is 22.7 Å². The van der Waals surface area contributed by atoms with Crippen molar-refractivity contribution in [3.8, 4) is 17.0 Å². The van der Waals surface area contributed by atoms with Crippen LogP contribution in [0.4, 0.5) is 18.9 Å². The van der Waals surface area contributed by atoms with Crippen LogP contribution in [0.5, 0.6) is 5.75 Å². The first-order valence-electron chi connectivity index (χ1n) is 9.60. The predicted molar refractivity (Wildman–Crippen MR) is 118 cm³/mol. The van der Waals surface area contributed by atoms with Crippen molar-refractivity contribution in [3.63, 3.8) is 0 Å². The zero-order valence-corrected chi connectivity index (χ0v) is 18.3. The van der Waals surface area contributed by atoms with E-state index in [2.05, 4.69) is 10.3 Å². The van der Waals surface area contributed by atoms with Gasteiger partial charge in [0.1, 0.15) is 5.75 Å². The van der Waals surface area contributed by atoms with E-state index in [1.165, 1.54) is 11.3 Å². The number of halogens is 4. The van der Waals surface area contributed by atoms with Crippen LogP contribution in [0.25, 0.3) is 16.2 Å². The third-order valence-electron chi connectivity index (χ3n) is 4.65. The fraction of sp³-hybridized carbons (Fsp3) is 0.182. The molecule has 0 saturated heterocycles. The fourth-order valence-corrected chi connectivity index (χ4v) is 4.18. The topological polar surface area (TPSA) is 55.6 Å². The van der Waals surface area contributed by atoms with E-state index in [0.717, 1.165) is 35.2 Å².